The van der Waals surface area contributed by atoms with E-state index in [0.717, 1.165) is 5.56 Å². The van der Waals surface area contributed by atoms with Crippen LogP contribution in [0.5, 0.6) is 0 Å². The van der Waals surface area contributed by atoms with Gasteiger partial charge in [0.25, 0.3) is 11.8 Å². The first-order valence-corrected chi connectivity index (χ1v) is 11.0. The van der Waals surface area contributed by atoms with Gasteiger partial charge in [0.1, 0.15) is 0 Å². The van der Waals surface area contributed by atoms with Gasteiger partial charge >= 0.3 is 0 Å². The maximum absolute atomic E-state index is 12.8. The number of aryl methyl sites for hydroxylation is 1. The summed E-state index contributed by atoms with van der Waals surface area (Å²) in [6.07, 6.45) is 0.0173. The van der Waals surface area contributed by atoms with Gasteiger partial charge in [0.15, 0.2) is 5.82 Å². The highest BCUT2D eigenvalue weighted by Gasteiger charge is 2.30. The van der Waals surface area contributed by atoms with Crippen LogP contribution < -0.4 is 0 Å². The highest BCUT2D eigenvalue weighted by atomic mass is 35.5. The molecule has 2 amide bonds. The van der Waals surface area contributed by atoms with Crippen molar-refractivity contribution in [3.8, 4) is 11.5 Å². The van der Waals surface area contributed by atoms with Crippen LogP contribution in [0.1, 0.15) is 28.7 Å². The van der Waals surface area contributed by atoms with Crippen molar-refractivity contribution in [1.82, 2.24) is 19.9 Å². The zero-order valence-electron chi connectivity index (χ0n) is 17.7. The Hall–Kier alpha value is -2.90. The fraction of sp³-hybridized carbons (Fsp3) is 0.304. The molecule has 9 heteroatoms. The second-order valence-corrected chi connectivity index (χ2v) is 8.69. The summed E-state index contributed by atoms with van der Waals surface area (Å²) in [6, 6.07) is 12.4. The van der Waals surface area contributed by atoms with Crippen LogP contribution in [-0.4, -0.2) is 57.4 Å². The van der Waals surface area contributed by atoms with Crippen molar-refractivity contribution in [2.24, 2.45) is 0 Å². The third kappa shape index (κ3) is 4.79. The summed E-state index contributed by atoms with van der Waals surface area (Å²) < 4.78 is 5.27. The number of aromatic nitrogens is 2. The van der Waals surface area contributed by atoms with Crippen LogP contribution in [0.25, 0.3) is 11.5 Å². The first-order valence-electron chi connectivity index (χ1n) is 10.2. The Balaban J connectivity index is 1.37. The fourth-order valence-electron chi connectivity index (χ4n) is 3.67. The first kappa shape index (κ1) is 22.3. The lowest BCUT2D eigenvalue weighted by atomic mass is 10.1. The van der Waals surface area contributed by atoms with Crippen LogP contribution in [0.2, 0.25) is 10.0 Å². The fourth-order valence-corrected chi connectivity index (χ4v) is 3.97. The number of carbonyl (C=O) groups excluding carboxylic acids is 2. The number of halogens is 2. The van der Waals surface area contributed by atoms with E-state index in [1.165, 1.54) is 0 Å². The Labute approximate surface area is 195 Å². The van der Waals surface area contributed by atoms with E-state index < -0.39 is 0 Å². The van der Waals surface area contributed by atoms with Gasteiger partial charge < -0.3 is 14.3 Å². The minimum Gasteiger partial charge on any atom is -0.338 e. The number of hydrogen-bond acceptors (Lipinski definition) is 5. The highest BCUT2D eigenvalue weighted by Crippen LogP contribution is 2.27. The van der Waals surface area contributed by atoms with E-state index in [4.69, 9.17) is 27.7 Å². The molecule has 1 unspecified atom stereocenters. The Morgan fingerprint density at radius 2 is 1.84 bits per heavy atom. The molecule has 1 aliphatic rings. The molecular weight excluding hydrogens is 451 g/mol. The number of nitrogens with zero attached hydrogens (tertiary/aromatic N) is 4. The van der Waals surface area contributed by atoms with Gasteiger partial charge in [0.2, 0.25) is 5.91 Å². The van der Waals surface area contributed by atoms with Crippen molar-refractivity contribution < 1.29 is 14.1 Å². The average molecular weight is 473 g/mol. The molecular formula is C23H22Cl2N4O3. The second kappa shape index (κ2) is 9.30. The summed E-state index contributed by atoms with van der Waals surface area (Å²) in [5.41, 5.74) is 2.39. The van der Waals surface area contributed by atoms with Gasteiger partial charge in [0, 0.05) is 36.8 Å². The molecule has 1 fully saturated rings. The largest absolute Gasteiger partial charge is 0.338 e. The molecule has 0 bridgehead atoms. The zero-order chi connectivity index (χ0) is 22.8. The number of benzene rings is 2. The Kier molecular flexibility index (Phi) is 6.48. The molecule has 2 aromatic carbocycles. The molecule has 0 N–H and O–H groups in total. The number of amides is 2. The van der Waals surface area contributed by atoms with Crippen molar-refractivity contribution in [3.05, 3.63) is 69.5 Å². The minimum absolute atomic E-state index is 0.0173. The summed E-state index contributed by atoms with van der Waals surface area (Å²) in [5, 5.41) is 4.73. The van der Waals surface area contributed by atoms with Crippen molar-refractivity contribution in [2.75, 3.05) is 19.6 Å². The maximum Gasteiger partial charge on any atom is 0.257 e. The van der Waals surface area contributed by atoms with Crippen molar-refractivity contribution in [3.63, 3.8) is 0 Å². The van der Waals surface area contributed by atoms with Gasteiger partial charge in [-0.3, -0.25) is 9.59 Å². The van der Waals surface area contributed by atoms with E-state index >= 15 is 0 Å². The van der Waals surface area contributed by atoms with Crippen molar-refractivity contribution in [2.45, 2.75) is 26.3 Å². The van der Waals surface area contributed by atoms with Crippen LogP contribution in [0.3, 0.4) is 0 Å². The summed E-state index contributed by atoms with van der Waals surface area (Å²) in [4.78, 5) is 33.5. The Bertz CT molecular complexity index is 1150. The molecule has 1 aromatic heterocycles. The Morgan fingerprint density at radius 3 is 2.53 bits per heavy atom. The second-order valence-electron chi connectivity index (χ2n) is 7.87. The number of piperazine rings is 1. The standard InChI is InChI=1S/C23H22Cl2N4O3/c1-14-3-5-16(6-4-14)23(31)29-10-9-28(13-15(29)2)21(30)12-20-26-22(32-27-20)17-7-8-18(24)19(25)11-17/h3-8,11,15H,9-10,12-13H2,1-2H3. The molecule has 3 aromatic rings. The molecule has 1 saturated heterocycles. The number of rotatable bonds is 4. The van der Waals surface area contributed by atoms with Crippen molar-refractivity contribution in [1.29, 1.82) is 0 Å². The SMILES string of the molecule is Cc1ccc(C(=O)N2CCN(C(=O)Cc3noc(-c4ccc(Cl)c(Cl)c4)n3)CC2C)cc1. The summed E-state index contributed by atoms with van der Waals surface area (Å²) in [5.74, 6) is 0.435. The molecule has 1 aliphatic heterocycles. The molecule has 0 spiro atoms. The van der Waals surface area contributed by atoms with Crippen molar-refractivity contribution >= 4 is 35.0 Å². The Morgan fingerprint density at radius 1 is 1.09 bits per heavy atom. The smallest absolute Gasteiger partial charge is 0.257 e. The molecule has 0 radical (unpaired) electrons. The van der Waals surface area contributed by atoms with Crippen LogP contribution >= 0.6 is 23.2 Å². The molecule has 1 atom stereocenters. The third-order valence-electron chi connectivity index (χ3n) is 5.48. The van der Waals surface area contributed by atoms with Gasteiger partial charge in [-0.1, -0.05) is 46.1 Å². The molecule has 2 heterocycles. The van der Waals surface area contributed by atoms with Crippen LogP contribution in [-0.2, 0) is 11.2 Å². The lowest BCUT2D eigenvalue weighted by molar-refractivity contribution is -0.133. The molecule has 7 nitrogen and oxygen atoms in total. The summed E-state index contributed by atoms with van der Waals surface area (Å²) in [7, 11) is 0. The molecule has 4 rings (SSSR count). The first-order chi connectivity index (χ1) is 15.3. The van der Waals surface area contributed by atoms with Crippen LogP contribution in [0.4, 0.5) is 0 Å². The van der Waals surface area contributed by atoms with E-state index in [-0.39, 0.29) is 30.2 Å². The van der Waals surface area contributed by atoms with E-state index in [1.54, 1.807) is 23.1 Å². The zero-order valence-corrected chi connectivity index (χ0v) is 19.2. The topological polar surface area (TPSA) is 79.5 Å². The summed E-state index contributed by atoms with van der Waals surface area (Å²) in [6.45, 7) is 5.31. The molecule has 0 aliphatic carbocycles. The average Bonchev–Trinajstić information content (AvgIpc) is 3.24. The van der Waals surface area contributed by atoms with Gasteiger partial charge in [-0.25, -0.2) is 0 Å². The normalized spacial score (nSPS) is 16.3. The van der Waals surface area contributed by atoms with E-state index in [1.807, 2.05) is 43.0 Å². The van der Waals surface area contributed by atoms with E-state index in [9.17, 15) is 9.59 Å². The predicted molar refractivity (Wildman–Crippen MR) is 122 cm³/mol. The lowest BCUT2D eigenvalue weighted by Crippen LogP contribution is -2.55. The quantitative estimate of drug-likeness (QED) is 0.566. The highest BCUT2D eigenvalue weighted by molar-refractivity contribution is 6.42. The molecule has 166 valence electrons. The third-order valence-corrected chi connectivity index (χ3v) is 6.22. The van der Waals surface area contributed by atoms with Crippen LogP contribution in [0.15, 0.2) is 47.0 Å². The van der Waals surface area contributed by atoms with Gasteiger partial charge in [-0.15, -0.1) is 0 Å². The number of carbonyl (C=O) groups is 2. The molecule has 32 heavy (non-hydrogen) atoms. The maximum atomic E-state index is 12.8. The van der Waals surface area contributed by atoms with E-state index in [2.05, 4.69) is 10.1 Å². The number of hydrogen-bond donors (Lipinski definition) is 0. The van der Waals surface area contributed by atoms with Crippen LogP contribution in [0, 0.1) is 6.92 Å². The molecule has 0 saturated carbocycles. The monoisotopic (exact) mass is 472 g/mol. The minimum atomic E-state index is -0.110. The van der Waals surface area contributed by atoms with E-state index in [0.29, 0.717) is 46.6 Å². The van der Waals surface area contributed by atoms with Gasteiger partial charge in [0.05, 0.1) is 16.5 Å². The predicted octanol–water partition coefficient (Wildman–Crippen LogP) is 4.27. The summed E-state index contributed by atoms with van der Waals surface area (Å²) >= 11 is 12.0. The van der Waals surface area contributed by atoms with Gasteiger partial charge in [-0.05, 0) is 44.2 Å². The lowest BCUT2D eigenvalue weighted by Gasteiger charge is -2.39. The van der Waals surface area contributed by atoms with Gasteiger partial charge in [-0.2, -0.15) is 4.98 Å².